The van der Waals surface area contributed by atoms with Crippen molar-refractivity contribution in [2.45, 2.75) is 38.7 Å². The zero-order chi connectivity index (χ0) is 15.2. The minimum Gasteiger partial charge on any atom is -0.389 e. The Morgan fingerprint density at radius 2 is 2.19 bits per heavy atom. The van der Waals surface area contributed by atoms with Gasteiger partial charge in [-0.2, -0.15) is 0 Å². The third-order valence-corrected chi connectivity index (χ3v) is 4.16. The van der Waals surface area contributed by atoms with E-state index in [0.717, 1.165) is 12.3 Å². The van der Waals surface area contributed by atoms with Gasteiger partial charge in [-0.15, -0.1) is 0 Å². The quantitative estimate of drug-likeness (QED) is 0.760. The molecule has 114 valence electrons. The molecule has 1 aromatic rings. The number of anilines is 1. The van der Waals surface area contributed by atoms with Crippen molar-refractivity contribution in [1.82, 2.24) is 0 Å². The molecule has 1 unspecified atom stereocenters. The molecule has 0 saturated heterocycles. The minimum atomic E-state index is -0.482. The number of benzene rings is 1. The molecule has 0 radical (unpaired) electrons. The lowest BCUT2D eigenvalue weighted by molar-refractivity contribution is -0.126. The Hall–Kier alpha value is -1.46. The van der Waals surface area contributed by atoms with Crippen molar-refractivity contribution < 1.29 is 9.53 Å². The highest BCUT2D eigenvalue weighted by molar-refractivity contribution is 7.80. The molecule has 5 heteroatoms. The lowest BCUT2D eigenvalue weighted by Crippen LogP contribution is -2.29. The number of ether oxygens (including phenoxy) is 1. The maximum Gasteiger partial charge on any atom is 0.253 e. The van der Waals surface area contributed by atoms with E-state index in [-0.39, 0.29) is 10.9 Å². The number of rotatable bonds is 7. The summed E-state index contributed by atoms with van der Waals surface area (Å²) < 4.78 is 5.61. The SMILES string of the molecule is CC(OCCC1CCC1)C(=O)Nc1ccccc1C(N)=S. The summed E-state index contributed by atoms with van der Waals surface area (Å²) in [5.41, 5.74) is 6.95. The molecule has 1 atom stereocenters. The fourth-order valence-corrected chi connectivity index (χ4v) is 2.49. The number of nitrogens with one attached hydrogen (secondary N) is 1. The van der Waals surface area contributed by atoms with E-state index in [1.807, 2.05) is 12.1 Å². The van der Waals surface area contributed by atoms with Crippen LogP contribution in [0.3, 0.4) is 0 Å². The lowest BCUT2D eigenvalue weighted by atomic mass is 9.83. The molecule has 0 spiro atoms. The minimum absolute atomic E-state index is 0.174. The van der Waals surface area contributed by atoms with Gasteiger partial charge in [0.05, 0.1) is 5.69 Å². The first-order chi connectivity index (χ1) is 10.1. The molecule has 2 rings (SSSR count). The molecule has 1 amide bonds. The van der Waals surface area contributed by atoms with Gasteiger partial charge >= 0.3 is 0 Å². The van der Waals surface area contributed by atoms with Crippen LogP contribution in [0.1, 0.15) is 38.2 Å². The molecular weight excluding hydrogens is 284 g/mol. The van der Waals surface area contributed by atoms with E-state index in [9.17, 15) is 4.79 Å². The first-order valence-corrected chi connectivity index (χ1v) is 7.80. The van der Waals surface area contributed by atoms with Crippen LogP contribution in [0.25, 0.3) is 0 Å². The lowest BCUT2D eigenvalue weighted by Gasteiger charge is -2.25. The predicted molar refractivity (Wildman–Crippen MR) is 88.3 cm³/mol. The second-order valence-corrected chi connectivity index (χ2v) is 5.94. The zero-order valence-corrected chi connectivity index (χ0v) is 13.1. The Morgan fingerprint density at radius 3 is 2.81 bits per heavy atom. The standard InChI is InChI=1S/C16H22N2O2S/c1-11(20-10-9-12-5-4-6-12)16(19)18-14-8-3-2-7-13(14)15(17)21/h2-3,7-8,11-12H,4-6,9-10H2,1H3,(H2,17,21)(H,18,19). The molecule has 0 aromatic heterocycles. The number of para-hydroxylation sites is 1. The van der Waals surface area contributed by atoms with Crippen LogP contribution in [0.4, 0.5) is 5.69 Å². The maximum atomic E-state index is 12.1. The number of amides is 1. The molecule has 3 N–H and O–H groups in total. The second-order valence-electron chi connectivity index (χ2n) is 5.50. The van der Waals surface area contributed by atoms with Crippen molar-refractivity contribution >= 4 is 28.8 Å². The number of nitrogens with two attached hydrogens (primary N) is 1. The van der Waals surface area contributed by atoms with E-state index in [1.54, 1.807) is 19.1 Å². The Kier molecular flexibility index (Phi) is 5.70. The monoisotopic (exact) mass is 306 g/mol. The van der Waals surface area contributed by atoms with Gasteiger partial charge in [-0.1, -0.05) is 43.6 Å². The molecule has 0 bridgehead atoms. The summed E-state index contributed by atoms with van der Waals surface area (Å²) in [5.74, 6) is 0.614. The third kappa shape index (κ3) is 4.51. The highest BCUT2D eigenvalue weighted by Gasteiger charge is 2.19. The van der Waals surface area contributed by atoms with E-state index >= 15 is 0 Å². The van der Waals surface area contributed by atoms with Gasteiger partial charge in [0.15, 0.2) is 0 Å². The van der Waals surface area contributed by atoms with Crippen LogP contribution >= 0.6 is 12.2 Å². The highest BCUT2D eigenvalue weighted by atomic mass is 32.1. The molecule has 1 aliphatic carbocycles. The zero-order valence-electron chi connectivity index (χ0n) is 12.3. The predicted octanol–water partition coefficient (Wildman–Crippen LogP) is 2.85. The molecule has 1 aliphatic rings. The van der Waals surface area contributed by atoms with Gasteiger partial charge in [0.1, 0.15) is 11.1 Å². The van der Waals surface area contributed by atoms with E-state index in [0.29, 0.717) is 17.9 Å². The smallest absolute Gasteiger partial charge is 0.253 e. The van der Waals surface area contributed by atoms with Crippen LogP contribution in [-0.2, 0) is 9.53 Å². The van der Waals surface area contributed by atoms with Crippen molar-refractivity contribution in [2.24, 2.45) is 11.7 Å². The first-order valence-electron chi connectivity index (χ1n) is 7.39. The van der Waals surface area contributed by atoms with E-state index in [1.165, 1.54) is 19.3 Å². The van der Waals surface area contributed by atoms with Gasteiger partial charge in [-0.25, -0.2) is 0 Å². The average Bonchev–Trinajstić information content (AvgIpc) is 2.41. The summed E-state index contributed by atoms with van der Waals surface area (Å²) >= 11 is 4.98. The number of hydrogen-bond donors (Lipinski definition) is 2. The second kappa shape index (κ2) is 7.52. The Balaban J connectivity index is 1.83. The highest BCUT2D eigenvalue weighted by Crippen LogP contribution is 2.29. The van der Waals surface area contributed by atoms with Gasteiger partial charge in [0.2, 0.25) is 0 Å². The number of carbonyl (C=O) groups is 1. The van der Waals surface area contributed by atoms with Crippen molar-refractivity contribution in [1.29, 1.82) is 0 Å². The largest absolute Gasteiger partial charge is 0.389 e. The summed E-state index contributed by atoms with van der Waals surface area (Å²) in [4.78, 5) is 12.4. The van der Waals surface area contributed by atoms with Crippen molar-refractivity contribution in [2.75, 3.05) is 11.9 Å². The molecule has 0 aliphatic heterocycles. The van der Waals surface area contributed by atoms with Crippen LogP contribution in [0.2, 0.25) is 0 Å². The fraction of sp³-hybridized carbons (Fsp3) is 0.500. The Labute approximate surface area is 131 Å². The van der Waals surface area contributed by atoms with Gasteiger partial charge in [-0.05, 0) is 31.4 Å². The molecule has 1 aromatic carbocycles. The molecule has 0 heterocycles. The van der Waals surface area contributed by atoms with Crippen molar-refractivity contribution in [3.63, 3.8) is 0 Å². The van der Waals surface area contributed by atoms with Crippen molar-refractivity contribution in [3.05, 3.63) is 29.8 Å². The topological polar surface area (TPSA) is 64.3 Å². The summed E-state index contributed by atoms with van der Waals surface area (Å²) in [5, 5.41) is 2.83. The summed E-state index contributed by atoms with van der Waals surface area (Å²) in [6, 6.07) is 7.25. The fourth-order valence-electron chi connectivity index (χ4n) is 2.31. The van der Waals surface area contributed by atoms with Gasteiger partial charge in [-0.3, -0.25) is 4.79 Å². The van der Waals surface area contributed by atoms with Crippen LogP contribution in [0, 0.1) is 5.92 Å². The van der Waals surface area contributed by atoms with E-state index in [2.05, 4.69) is 5.32 Å². The maximum absolute atomic E-state index is 12.1. The van der Waals surface area contributed by atoms with Gasteiger partial charge < -0.3 is 15.8 Å². The average molecular weight is 306 g/mol. The van der Waals surface area contributed by atoms with E-state index < -0.39 is 6.10 Å². The van der Waals surface area contributed by atoms with E-state index in [4.69, 9.17) is 22.7 Å². The summed E-state index contributed by atoms with van der Waals surface area (Å²) in [7, 11) is 0. The number of thiocarbonyl (C=S) groups is 1. The van der Waals surface area contributed by atoms with Crippen LogP contribution < -0.4 is 11.1 Å². The van der Waals surface area contributed by atoms with Crippen LogP contribution in [0.5, 0.6) is 0 Å². The normalized spacial score (nSPS) is 16.0. The third-order valence-electron chi connectivity index (χ3n) is 3.94. The molecule has 4 nitrogen and oxygen atoms in total. The van der Waals surface area contributed by atoms with Crippen molar-refractivity contribution in [3.8, 4) is 0 Å². The van der Waals surface area contributed by atoms with Crippen LogP contribution in [-0.4, -0.2) is 23.6 Å². The van der Waals surface area contributed by atoms with Gasteiger partial charge in [0.25, 0.3) is 5.91 Å². The first kappa shape index (κ1) is 15.9. The Bertz CT molecular complexity index is 515. The molecule has 1 saturated carbocycles. The molecular formula is C16H22N2O2S. The number of carbonyl (C=O) groups excluding carboxylic acids is 1. The molecule has 21 heavy (non-hydrogen) atoms. The van der Waals surface area contributed by atoms with Gasteiger partial charge in [0, 0.05) is 12.2 Å². The summed E-state index contributed by atoms with van der Waals surface area (Å²) in [6.45, 7) is 2.40. The van der Waals surface area contributed by atoms with Crippen LogP contribution in [0.15, 0.2) is 24.3 Å². The molecule has 1 fully saturated rings. The Morgan fingerprint density at radius 1 is 1.48 bits per heavy atom. The summed E-state index contributed by atoms with van der Waals surface area (Å²) in [6.07, 6.45) is 4.48. The number of hydrogen-bond acceptors (Lipinski definition) is 3.